The minimum Gasteiger partial charge on any atom is -0.340 e. The van der Waals surface area contributed by atoms with Gasteiger partial charge in [-0.3, -0.25) is 4.79 Å². The number of benzene rings is 1. The first-order chi connectivity index (χ1) is 8.58. The Morgan fingerprint density at radius 1 is 1.50 bits per heavy atom. The molecular weight excluding hydrogens is 297 g/mol. The van der Waals surface area contributed by atoms with Crippen molar-refractivity contribution in [2.75, 3.05) is 6.54 Å². The maximum atomic E-state index is 13.0. The first-order valence-electron chi connectivity index (χ1n) is 6.31. The van der Waals surface area contributed by atoms with Gasteiger partial charge in [0.25, 0.3) is 0 Å². The monoisotopic (exact) mass is 313 g/mol. The Balaban J connectivity index is 2.06. The number of rotatable bonds is 2. The van der Waals surface area contributed by atoms with Crippen molar-refractivity contribution in [2.45, 2.75) is 38.6 Å². The van der Waals surface area contributed by atoms with Crippen molar-refractivity contribution in [1.29, 1.82) is 0 Å². The molecule has 1 aromatic carbocycles. The Morgan fingerprint density at radius 2 is 2.28 bits per heavy atom. The zero-order chi connectivity index (χ0) is 13.1. The normalized spacial score (nSPS) is 19.9. The van der Waals surface area contributed by atoms with Crippen LogP contribution in [0.25, 0.3) is 0 Å². The van der Waals surface area contributed by atoms with Crippen molar-refractivity contribution in [3.05, 3.63) is 34.1 Å². The smallest absolute Gasteiger partial charge is 0.227 e. The van der Waals surface area contributed by atoms with Gasteiger partial charge in [-0.2, -0.15) is 0 Å². The average molecular weight is 314 g/mol. The molecule has 0 aliphatic carbocycles. The molecule has 0 radical (unpaired) electrons. The van der Waals surface area contributed by atoms with Crippen LogP contribution in [0.1, 0.15) is 31.7 Å². The summed E-state index contributed by atoms with van der Waals surface area (Å²) >= 11 is 3.30. The molecule has 1 aliphatic heterocycles. The zero-order valence-electron chi connectivity index (χ0n) is 10.5. The number of carbonyl (C=O) groups excluding carboxylic acids is 1. The second kappa shape index (κ2) is 5.83. The van der Waals surface area contributed by atoms with Crippen molar-refractivity contribution < 1.29 is 9.18 Å². The largest absolute Gasteiger partial charge is 0.340 e. The van der Waals surface area contributed by atoms with Gasteiger partial charge in [-0.15, -0.1) is 0 Å². The summed E-state index contributed by atoms with van der Waals surface area (Å²) in [4.78, 5) is 14.2. The Morgan fingerprint density at radius 3 is 2.94 bits per heavy atom. The van der Waals surface area contributed by atoms with Crippen LogP contribution in [0.5, 0.6) is 0 Å². The predicted octanol–water partition coefficient (Wildman–Crippen LogP) is 3.53. The highest BCUT2D eigenvalue weighted by Gasteiger charge is 2.23. The highest BCUT2D eigenvalue weighted by Crippen LogP contribution is 2.22. The number of halogens is 2. The standard InChI is InChI=1S/C14H17BrFNO/c1-10-4-2-3-7-17(10)14(18)8-11-5-6-12(16)9-13(11)15/h5-6,9-10H,2-4,7-8H2,1H3. The van der Waals surface area contributed by atoms with E-state index in [-0.39, 0.29) is 11.7 Å². The lowest BCUT2D eigenvalue weighted by Gasteiger charge is -2.33. The summed E-state index contributed by atoms with van der Waals surface area (Å²) in [6.45, 7) is 2.94. The fourth-order valence-electron chi connectivity index (χ4n) is 2.40. The third-order valence-corrected chi connectivity index (χ3v) is 4.22. The van der Waals surface area contributed by atoms with Gasteiger partial charge in [-0.1, -0.05) is 22.0 Å². The van der Waals surface area contributed by atoms with E-state index in [1.54, 1.807) is 6.07 Å². The highest BCUT2D eigenvalue weighted by molar-refractivity contribution is 9.10. The summed E-state index contributed by atoms with van der Waals surface area (Å²) in [5.41, 5.74) is 0.846. The van der Waals surface area contributed by atoms with Gasteiger partial charge in [0.15, 0.2) is 0 Å². The molecule has 0 saturated carbocycles. The Kier molecular flexibility index (Phi) is 4.38. The number of likely N-dealkylation sites (tertiary alicyclic amines) is 1. The summed E-state index contributed by atoms with van der Waals surface area (Å²) in [5, 5.41) is 0. The lowest BCUT2D eigenvalue weighted by molar-refractivity contribution is -0.133. The fourth-order valence-corrected chi connectivity index (χ4v) is 2.89. The summed E-state index contributed by atoms with van der Waals surface area (Å²) < 4.78 is 13.6. The SMILES string of the molecule is CC1CCCCN1C(=O)Cc1ccc(F)cc1Br. The van der Waals surface area contributed by atoms with E-state index in [1.165, 1.54) is 18.6 Å². The molecule has 0 bridgehead atoms. The first-order valence-corrected chi connectivity index (χ1v) is 7.10. The van der Waals surface area contributed by atoms with Crippen LogP contribution in [0, 0.1) is 5.82 Å². The number of hydrogen-bond acceptors (Lipinski definition) is 1. The molecule has 18 heavy (non-hydrogen) atoms. The minimum absolute atomic E-state index is 0.134. The maximum Gasteiger partial charge on any atom is 0.227 e. The van der Waals surface area contributed by atoms with Crippen LogP contribution in [0.15, 0.2) is 22.7 Å². The predicted molar refractivity (Wildman–Crippen MR) is 72.8 cm³/mol. The molecule has 98 valence electrons. The molecule has 1 unspecified atom stereocenters. The van der Waals surface area contributed by atoms with Crippen LogP contribution in [-0.4, -0.2) is 23.4 Å². The third kappa shape index (κ3) is 3.10. The highest BCUT2D eigenvalue weighted by atomic mass is 79.9. The lowest BCUT2D eigenvalue weighted by atomic mass is 10.0. The molecule has 2 nitrogen and oxygen atoms in total. The molecule has 0 spiro atoms. The second-order valence-electron chi connectivity index (χ2n) is 4.84. The molecule has 1 heterocycles. The Bertz CT molecular complexity index is 449. The lowest BCUT2D eigenvalue weighted by Crippen LogP contribution is -2.42. The maximum absolute atomic E-state index is 13.0. The number of amides is 1. The minimum atomic E-state index is -0.288. The molecule has 4 heteroatoms. The Labute approximate surface area is 115 Å². The van der Waals surface area contributed by atoms with Gasteiger partial charge < -0.3 is 4.90 Å². The fraction of sp³-hybridized carbons (Fsp3) is 0.500. The van der Waals surface area contributed by atoms with Gasteiger partial charge in [0, 0.05) is 17.1 Å². The number of carbonyl (C=O) groups is 1. The molecule has 1 aliphatic rings. The van der Waals surface area contributed by atoms with Crippen LogP contribution in [0.2, 0.25) is 0 Å². The van der Waals surface area contributed by atoms with Crippen LogP contribution in [-0.2, 0) is 11.2 Å². The van der Waals surface area contributed by atoms with E-state index in [0.717, 1.165) is 24.9 Å². The second-order valence-corrected chi connectivity index (χ2v) is 5.70. The Hall–Kier alpha value is -0.900. The molecule has 2 rings (SSSR count). The van der Waals surface area contributed by atoms with Crippen molar-refractivity contribution in [1.82, 2.24) is 4.90 Å². The van der Waals surface area contributed by atoms with E-state index in [4.69, 9.17) is 0 Å². The van der Waals surface area contributed by atoms with E-state index in [9.17, 15) is 9.18 Å². The van der Waals surface area contributed by atoms with Crippen molar-refractivity contribution in [2.24, 2.45) is 0 Å². The van der Waals surface area contributed by atoms with Gasteiger partial charge >= 0.3 is 0 Å². The number of hydrogen-bond donors (Lipinski definition) is 0. The molecule has 0 aromatic heterocycles. The van der Waals surface area contributed by atoms with Gasteiger partial charge in [-0.25, -0.2) is 4.39 Å². The zero-order valence-corrected chi connectivity index (χ0v) is 12.0. The van der Waals surface area contributed by atoms with Gasteiger partial charge in [0.05, 0.1) is 6.42 Å². The molecule has 1 fully saturated rings. The molecule has 1 amide bonds. The average Bonchev–Trinajstić information content (AvgIpc) is 2.33. The summed E-state index contributed by atoms with van der Waals surface area (Å²) in [7, 11) is 0. The van der Waals surface area contributed by atoms with E-state index in [0.29, 0.717) is 16.9 Å². The van der Waals surface area contributed by atoms with Crippen molar-refractivity contribution >= 4 is 21.8 Å². The molecule has 1 atom stereocenters. The van der Waals surface area contributed by atoms with E-state index in [1.807, 2.05) is 4.90 Å². The van der Waals surface area contributed by atoms with E-state index < -0.39 is 0 Å². The van der Waals surface area contributed by atoms with E-state index >= 15 is 0 Å². The van der Waals surface area contributed by atoms with Gasteiger partial charge in [0.2, 0.25) is 5.91 Å². The third-order valence-electron chi connectivity index (χ3n) is 3.48. The van der Waals surface area contributed by atoms with Crippen LogP contribution in [0.4, 0.5) is 4.39 Å². The molecule has 0 N–H and O–H groups in total. The molecule has 1 aromatic rings. The first kappa shape index (κ1) is 13.5. The summed E-state index contributed by atoms with van der Waals surface area (Å²) in [5.74, 6) is -0.154. The summed E-state index contributed by atoms with van der Waals surface area (Å²) in [6, 6.07) is 4.80. The van der Waals surface area contributed by atoms with Crippen molar-refractivity contribution in [3.8, 4) is 0 Å². The van der Waals surface area contributed by atoms with Crippen molar-refractivity contribution in [3.63, 3.8) is 0 Å². The topological polar surface area (TPSA) is 20.3 Å². The number of nitrogens with zero attached hydrogens (tertiary/aromatic N) is 1. The van der Waals surface area contributed by atoms with E-state index in [2.05, 4.69) is 22.9 Å². The van der Waals surface area contributed by atoms with Gasteiger partial charge in [-0.05, 0) is 43.9 Å². The van der Waals surface area contributed by atoms with Gasteiger partial charge in [0.1, 0.15) is 5.82 Å². The summed E-state index contributed by atoms with van der Waals surface area (Å²) in [6.07, 6.45) is 3.70. The van der Waals surface area contributed by atoms with Crippen LogP contribution in [0.3, 0.4) is 0 Å². The molecule has 1 saturated heterocycles. The molecular formula is C14H17BrFNO. The van der Waals surface area contributed by atoms with Crippen LogP contribution >= 0.6 is 15.9 Å². The van der Waals surface area contributed by atoms with Crippen LogP contribution < -0.4 is 0 Å². The quantitative estimate of drug-likeness (QED) is 0.818. The number of piperidine rings is 1.